The molecule has 12 heavy (non-hydrogen) atoms. The minimum atomic E-state index is -1.06. The molecule has 0 spiro atoms. The maximum atomic E-state index is 10.6. The number of hydrogen-bond donors (Lipinski definition) is 2. The predicted molar refractivity (Wildman–Crippen MR) is 43.3 cm³/mol. The van der Waals surface area contributed by atoms with E-state index in [1.54, 1.807) is 5.92 Å². The quantitative estimate of drug-likeness (QED) is 0.581. The monoisotopic (exact) mass is 169 g/mol. The van der Waals surface area contributed by atoms with Gasteiger partial charge in [0.1, 0.15) is 6.04 Å². The molecule has 0 aliphatic heterocycles. The first-order valence-corrected chi connectivity index (χ1v) is 3.61. The zero-order valence-corrected chi connectivity index (χ0v) is 6.83. The Hall–Kier alpha value is -1.50. The number of amides is 1. The summed E-state index contributed by atoms with van der Waals surface area (Å²) in [5.74, 6) is 0.0558. The third-order valence-corrected chi connectivity index (χ3v) is 1.31. The smallest absolute Gasteiger partial charge is 0.326 e. The molecular formula is C8H11NO3. The summed E-state index contributed by atoms with van der Waals surface area (Å²) in [5, 5.41) is 10.8. The van der Waals surface area contributed by atoms with Gasteiger partial charge in [-0.1, -0.05) is 13.3 Å². The number of hydrogen-bond acceptors (Lipinski definition) is 2. The molecule has 1 unspecified atom stereocenters. The van der Waals surface area contributed by atoms with E-state index in [1.165, 1.54) is 0 Å². The van der Waals surface area contributed by atoms with Crippen molar-refractivity contribution >= 4 is 11.9 Å². The van der Waals surface area contributed by atoms with Gasteiger partial charge in [0.15, 0.2) is 0 Å². The maximum absolute atomic E-state index is 10.6. The Labute approximate surface area is 71.0 Å². The predicted octanol–water partition coefficient (Wildman–Crippen LogP) is -0.0109. The van der Waals surface area contributed by atoms with Gasteiger partial charge >= 0.3 is 5.97 Å². The van der Waals surface area contributed by atoms with Crippen LogP contribution in [0.1, 0.15) is 19.8 Å². The molecule has 0 saturated heterocycles. The van der Waals surface area contributed by atoms with Crippen molar-refractivity contribution in [1.29, 1.82) is 0 Å². The van der Waals surface area contributed by atoms with Crippen molar-refractivity contribution in [2.75, 3.05) is 0 Å². The minimum absolute atomic E-state index is 0.392. The van der Waals surface area contributed by atoms with Gasteiger partial charge in [0.05, 0.1) is 0 Å². The van der Waals surface area contributed by atoms with Gasteiger partial charge < -0.3 is 10.4 Å². The fourth-order valence-corrected chi connectivity index (χ4v) is 0.746. The van der Waals surface area contributed by atoms with E-state index < -0.39 is 17.9 Å². The summed E-state index contributed by atoms with van der Waals surface area (Å²) in [6, 6.07) is -0.862. The van der Waals surface area contributed by atoms with Crippen LogP contribution in [0.25, 0.3) is 0 Å². The van der Waals surface area contributed by atoms with E-state index in [0.717, 1.165) is 0 Å². The van der Waals surface area contributed by atoms with Crippen molar-refractivity contribution < 1.29 is 14.7 Å². The van der Waals surface area contributed by atoms with Gasteiger partial charge in [0.2, 0.25) is 0 Å². The Morgan fingerprint density at radius 3 is 2.58 bits per heavy atom. The lowest BCUT2D eigenvalue weighted by Crippen LogP contribution is -2.39. The fraction of sp³-hybridized carbons (Fsp3) is 0.500. The number of carbonyl (C=O) groups is 2. The first-order valence-electron chi connectivity index (χ1n) is 3.61. The van der Waals surface area contributed by atoms with Crippen LogP contribution in [-0.2, 0) is 9.59 Å². The second-order valence-electron chi connectivity index (χ2n) is 2.30. The Morgan fingerprint density at radius 1 is 1.67 bits per heavy atom. The average Bonchev–Trinajstić information content (AvgIpc) is 2.03. The second kappa shape index (κ2) is 5.19. The molecule has 2 N–H and O–H groups in total. The maximum Gasteiger partial charge on any atom is 0.326 e. The molecule has 66 valence electrons. The number of terminal acetylenes is 1. The molecule has 1 amide bonds. The molecule has 0 heterocycles. The van der Waals surface area contributed by atoms with Crippen LogP contribution in [0.5, 0.6) is 0 Å². The number of aliphatic carboxylic acids is 1. The lowest BCUT2D eigenvalue weighted by molar-refractivity contribution is -0.141. The number of carboxylic acid groups (broad SMARTS) is 1. The molecule has 1 atom stereocenters. The molecule has 0 aromatic heterocycles. The highest BCUT2D eigenvalue weighted by atomic mass is 16.4. The summed E-state index contributed by atoms with van der Waals surface area (Å²) in [4.78, 5) is 21.0. The second-order valence-corrected chi connectivity index (χ2v) is 2.30. The van der Waals surface area contributed by atoms with Crippen molar-refractivity contribution in [3.8, 4) is 12.3 Å². The van der Waals surface area contributed by atoms with Crippen LogP contribution in [0, 0.1) is 12.3 Å². The van der Waals surface area contributed by atoms with Crippen LogP contribution in [0.2, 0.25) is 0 Å². The lowest BCUT2D eigenvalue weighted by Gasteiger charge is -2.10. The van der Waals surface area contributed by atoms with E-state index in [1.807, 2.05) is 6.92 Å². The van der Waals surface area contributed by atoms with Crippen LogP contribution in [0.4, 0.5) is 0 Å². The molecule has 0 rings (SSSR count). The van der Waals surface area contributed by atoms with Gasteiger partial charge in [-0.3, -0.25) is 4.79 Å². The van der Waals surface area contributed by atoms with Crippen molar-refractivity contribution in [1.82, 2.24) is 5.32 Å². The van der Waals surface area contributed by atoms with Crippen molar-refractivity contribution in [2.24, 2.45) is 0 Å². The summed E-state index contributed by atoms with van der Waals surface area (Å²) in [6.07, 6.45) is 5.84. The number of nitrogens with one attached hydrogen (secondary N) is 1. The first-order chi connectivity index (χ1) is 5.61. The SMILES string of the molecule is C#CC(=O)NC(CCC)C(=O)O. The summed E-state index contributed by atoms with van der Waals surface area (Å²) in [7, 11) is 0. The molecule has 0 aliphatic rings. The lowest BCUT2D eigenvalue weighted by atomic mass is 10.2. The van der Waals surface area contributed by atoms with Gasteiger partial charge in [0, 0.05) is 0 Å². The molecule has 0 aromatic rings. The summed E-state index contributed by atoms with van der Waals surface area (Å²) in [5.41, 5.74) is 0. The topological polar surface area (TPSA) is 66.4 Å². The van der Waals surface area contributed by atoms with E-state index in [-0.39, 0.29) is 0 Å². The highest BCUT2D eigenvalue weighted by Gasteiger charge is 2.17. The van der Waals surface area contributed by atoms with E-state index in [0.29, 0.717) is 12.8 Å². The summed E-state index contributed by atoms with van der Waals surface area (Å²) >= 11 is 0. The summed E-state index contributed by atoms with van der Waals surface area (Å²) < 4.78 is 0. The molecule has 0 radical (unpaired) electrons. The minimum Gasteiger partial charge on any atom is -0.480 e. The van der Waals surface area contributed by atoms with E-state index in [9.17, 15) is 9.59 Å². The van der Waals surface area contributed by atoms with Crippen molar-refractivity contribution in [2.45, 2.75) is 25.8 Å². The van der Waals surface area contributed by atoms with Gasteiger partial charge in [-0.25, -0.2) is 4.79 Å². The molecule has 0 bridgehead atoms. The van der Waals surface area contributed by atoms with Crippen LogP contribution in [0.3, 0.4) is 0 Å². The number of carboxylic acids is 1. The van der Waals surface area contributed by atoms with E-state index >= 15 is 0 Å². The largest absolute Gasteiger partial charge is 0.480 e. The van der Waals surface area contributed by atoms with Crippen LogP contribution >= 0.6 is 0 Å². The third-order valence-electron chi connectivity index (χ3n) is 1.31. The van der Waals surface area contributed by atoms with Crippen LogP contribution in [0.15, 0.2) is 0 Å². The molecule has 0 aliphatic carbocycles. The zero-order valence-electron chi connectivity index (χ0n) is 6.83. The Bertz CT molecular complexity index is 217. The fourth-order valence-electron chi connectivity index (χ4n) is 0.746. The van der Waals surface area contributed by atoms with Gasteiger partial charge in [-0.15, -0.1) is 6.42 Å². The van der Waals surface area contributed by atoms with Crippen LogP contribution in [-0.4, -0.2) is 23.0 Å². The van der Waals surface area contributed by atoms with Gasteiger partial charge in [-0.2, -0.15) is 0 Å². The standard InChI is InChI=1S/C8H11NO3/c1-3-5-6(8(11)12)9-7(10)4-2/h2,6H,3,5H2,1H3,(H,9,10)(H,11,12). The Morgan fingerprint density at radius 2 is 2.25 bits per heavy atom. The van der Waals surface area contributed by atoms with E-state index in [4.69, 9.17) is 11.5 Å². The van der Waals surface area contributed by atoms with Crippen molar-refractivity contribution in [3.05, 3.63) is 0 Å². The highest BCUT2D eigenvalue weighted by Crippen LogP contribution is 1.95. The van der Waals surface area contributed by atoms with E-state index in [2.05, 4.69) is 5.32 Å². The molecule has 0 fully saturated rings. The number of carbonyl (C=O) groups excluding carboxylic acids is 1. The molecular weight excluding hydrogens is 158 g/mol. The average molecular weight is 169 g/mol. The third kappa shape index (κ3) is 3.62. The molecule has 0 aromatic carbocycles. The van der Waals surface area contributed by atoms with Crippen LogP contribution < -0.4 is 5.32 Å². The molecule has 0 saturated carbocycles. The Balaban J connectivity index is 4.06. The summed E-state index contributed by atoms with van der Waals surface area (Å²) in [6.45, 7) is 1.83. The zero-order chi connectivity index (χ0) is 9.56. The highest BCUT2D eigenvalue weighted by molar-refractivity contribution is 5.95. The van der Waals surface area contributed by atoms with Crippen molar-refractivity contribution in [3.63, 3.8) is 0 Å². The van der Waals surface area contributed by atoms with Gasteiger partial charge in [-0.05, 0) is 12.3 Å². The number of rotatable bonds is 4. The molecule has 4 nitrogen and oxygen atoms in total. The molecule has 4 heteroatoms. The van der Waals surface area contributed by atoms with Gasteiger partial charge in [0.25, 0.3) is 5.91 Å². The first kappa shape index (κ1) is 10.5. The normalized spacial score (nSPS) is 11.3. The Kier molecular flexibility index (Phi) is 4.54.